The molecule has 0 aliphatic rings. The molecule has 0 fully saturated rings. The SMILES string of the molecule is OCC/C(=N/c1ccccc1)Nc1ccccc1. The molecule has 0 aromatic heterocycles. The van der Waals surface area contributed by atoms with Crippen LogP contribution in [0.3, 0.4) is 0 Å². The van der Waals surface area contributed by atoms with Gasteiger partial charge in [-0.15, -0.1) is 0 Å². The van der Waals surface area contributed by atoms with Crippen molar-refractivity contribution in [2.45, 2.75) is 6.42 Å². The Kier molecular flexibility index (Phi) is 4.50. The van der Waals surface area contributed by atoms with Gasteiger partial charge in [0.05, 0.1) is 12.3 Å². The maximum absolute atomic E-state index is 9.07. The zero-order valence-corrected chi connectivity index (χ0v) is 10.1. The summed E-state index contributed by atoms with van der Waals surface area (Å²) in [6.07, 6.45) is 0.504. The van der Waals surface area contributed by atoms with Crippen molar-refractivity contribution in [3.05, 3.63) is 60.7 Å². The van der Waals surface area contributed by atoms with Crippen LogP contribution in [0.15, 0.2) is 65.7 Å². The second-order valence-corrected chi connectivity index (χ2v) is 3.86. The Labute approximate surface area is 107 Å². The average molecular weight is 240 g/mol. The second-order valence-electron chi connectivity index (χ2n) is 3.86. The van der Waals surface area contributed by atoms with Crippen molar-refractivity contribution in [1.29, 1.82) is 0 Å². The largest absolute Gasteiger partial charge is 0.396 e. The number of amidine groups is 1. The van der Waals surface area contributed by atoms with Crippen molar-refractivity contribution in [1.82, 2.24) is 0 Å². The highest BCUT2D eigenvalue weighted by Crippen LogP contribution is 2.13. The Morgan fingerprint density at radius 3 is 2.17 bits per heavy atom. The van der Waals surface area contributed by atoms with Gasteiger partial charge in [-0.05, 0) is 24.3 Å². The van der Waals surface area contributed by atoms with Gasteiger partial charge in [-0.25, -0.2) is 4.99 Å². The molecule has 0 amide bonds. The Balaban J connectivity index is 2.16. The van der Waals surface area contributed by atoms with Gasteiger partial charge in [-0.3, -0.25) is 0 Å². The maximum atomic E-state index is 9.07. The molecule has 3 heteroatoms. The van der Waals surface area contributed by atoms with E-state index in [9.17, 15) is 0 Å². The van der Waals surface area contributed by atoms with Crippen molar-refractivity contribution in [2.24, 2.45) is 4.99 Å². The van der Waals surface area contributed by atoms with Crippen LogP contribution in [0, 0.1) is 0 Å². The quantitative estimate of drug-likeness (QED) is 0.636. The predicted molar refractivity (Wildman–Crippen MR) is 75.3 cm³/mol. The molecule has 92 valence electrons. The smallest absolute Gasteiger partial charge is 0.109 e. The molecule has 2 aromatic rings. The molecule has 0 radical (unpaired) electrons. The van der Waals surface area contributed by atoms with Crippen molar-refractivity contribution < 1.29 is 5.11 Å². The molecule has 0 unspecified atom stereocenters. The van der Waals surface area contributed by atoms with E-state index in [-0.39, 0.29) is 6.61 Å². The van der Waals surface area contributed by atoms with Crippen LogP contribution in [-0.2, 0) is 0 Å². The van der Waals surface area contributed by atoms with Gasteiger partial charge < -0.3 is 10.4 Å². The highest BCUT2D eigenvalue weighted by Gasteiger charge is 1.99. The lowest BCUT2D eigenvalue weighted by Crippen LogP contribution is -2.13. The molecule has 2 aromatic carbocycles. The van der Waals surface area contributed by atoms with Crippen LogP contribution >= 0.6 is 0 Å². The number of rotatable bonds is 4. The van der Waals surface area contributed by atoms with Crippen molar-refractivity contribution >= 4 is 17.2 Å². The van der Waals surface area contributed by atoms with Gasteiger partial charge in [0.25, 0.3) is 0 Å². The summed E-state index contributed by atoms with van der Waals surface area (Å²) in [7, 11) is 0. The molecule has 0 spiro atoms. The van der Waals surface area contributed by atoms with Crippen molar-refractivity contribution in [3.8, 4) is 0 Å². The number of para-hydroxylation sites is 2. The van der Waals surface area contributed by atoms with Crippen LogP contribution in [-0.4, -0.2) is 17.5 Å². The number of nitrogens with zero attached hydrogens (tertiary/aromatic N) is 1. The molecule has 0 aliphatic heterocycles. The number of aliphatic hydroxyl groups excluding tert-OH is 1. The molecule has 18 heavy (non-hydrogen) atoms. The predicted octanol–water partition coefficient (Wildman–Crippen LogP) is 3.21. The normalized spacial score (nSPS) is 11.3. The van der Waals surface area contributed by atoms with Gasteiger partial charge in [-0.2, -0.15) is 0 Å². The van der Waals surface area contributed by atoms with Crippen LogP contribution in [0.2, 0.25) is 0 Å². The molecular formula is C15H16N2O. The van der Waals surface area contributed by atoms with Gasteiger partial charge in [0.15, 0.2) is 0 Å². The van der Waals surface area contributed by atoms with E-state index < -0.39 is 0 Å². The lowest BCUT2D eigenvalue weighted by molar-refractivity contribution is 0.307. The number of aliphatic hydroxyl groups is 1. The highest BCUT2D eigenvalue weighted by molar-refractivity contribution is 5.97. The number of hydrogen-bond acceptors (Lipinski definition) is 2. The number of hydrogen-bond donors (Lipinski definition) is 2. The minimum atomic E-state index is 0.0749. The van der Waals surface area contributed by atoms with Gasteiger partial charge in [-0.1, -0.05) is 36.4 Å². The monoisotopic (exact) mass is 240 g/mol. The third-order valence-electron chi connectivity index (χ3n) is 2.43. The molecule has 0 aliphatic carbocycles. The van der Waals surface area contributed by atoms with Crippen LogP contribution in [0.25, 0.3) is 0 Å². The van der Waals surface area contributed by atoms with Gasteiger partial charge in [0.2, 0.25) is 0 Å². The fourth-order valence-corrected chi connectivity index (χ4v) is 1.60. The fraction of sp³-hybridized carbons (Fsp3) is 0.133. The first-order valence-electron chi connectivity index (χ1n) is 5.94. The topological polar surface area (TPSA) is 44.6 Å². The molecule has 0 atom stereocenters. The van der Waals surface area contributed by atoms with Crippen LogP contribution in [0.4, 0.5) is 11.4 Å². The summed E-state index contributed by atoms with van der Waals surface area (Å²) >= 11 is 0. The highest BCUT2D eigenvalue weighted by atomic mass is 16.3. The Hall–Kier alpha value is -2.13. The molecule has 3 nitrogen and oxygen atoms in total. The molecule has 0 heterocycles. The molecule has 2 rings (SSSR count). The van der Waals surface area contributed by atoms with Crippen molar-refractivity contribution in [3.63, 3.8) is 0 Å². The average Bonchev–Trinajstić information content (AvgIpc) is 2.41. The summed E-state index contributed by atoms with van der Waals surface area (Å²) in [6.45, 7) is 0.0749. The first-order chi connectivity index (χ1) is 8.88. The summed E-state index contributed by atoms with van der Waals surface area (Å²) in [5.74, 6) is 0.759. The third-order valence-corrected chi connectivity index (χ3v) is 2.43. The molecule has 0 saturated carbocycles. The summed E-state index contributed by atoms with van der Waals surface area (Å²) < 4.78 is 0. The van der Waals surface area contributed by atoms with E-state index in [4.69, 9.17) is 5.11 Å². The van der Waals surface area contributed by atoms with E-state index >= 15 is 0 Å². The molecule has 0 bridgehead atoms. The van der Waals surface area contributed by atoms with Gasteiger partial charge in [0.1, 0.15) is 5.84 Å². The standard InChI is InChI=1S/C15H16N2O/c18-12-11-15(16-13-7-3-1-4-8-13)17-14-9-5-2-6-10-14/h1-10,18H,11-12H2,(H,16,17). The molecular weight excluding hydrogens is 224 g/mol. The fourth-order valence-electron chi connectivity index (χ4n) is 1.60. The van der Waals surface area contributed by atoms with E-state index in [2.05, 4.69) is 10.3 Å². The maximum Gasteiger partial charge on any atom is 0.109 e. The lowest BCUT2D eigenvalue weighted by atomic mass is 10.3. The molecule has 0 saturated heterocycles. The number of nitrogens with one attached hydrogen (secondary N) is 1. The first-order valence-corrected chi connectivity index (χ1v) is 5.94. The molecule has 2 N–H and O–H groups in total. The number of anilines is 1. The number of benzene rings is 2. The van der Waals surface area contributed by atoms with E-state index in [1.165, 1.54) is 0 Å². The Morgan fingerprint density at radius 2 is 1.56 bits per heavy atom. The third kappa shape index (κ3) is 3.71. The summed E-state index contributed by atoms with van der Waals surface area (Å²) in [4.78, 5) is 4.49. The first kappa shape index (κ1) is 12.3. The zero-order valence-electron chi connectivity index (χ0n) is 10.1. The van der Waals surface area contributed by atoms with Crippen LogP contribution in [0.1, 0.15) is 6.42 Å². The zero-order chi connectivity index (χ0) is 12.6. The van der Waals surface area contributed by atoms with Gasteiger partial charge in [0, 0.05) is 12.1 Å². The van der Waals surface area contributed by atoms with Crippen molar-refractivity contribution in [2.75, 3.05) is 11.9 Å². The van der Waals surface area contributed by atoms with Gasteiger partial charge >= 0.3 is 0 Å². The number of aliphatic imine (C=N–C) groups is 1. The van der Waals surface area contributed by atoms with E-state index in [1.807, 2.05) is 60.7 Å². The van der Waals surface area contributed by atoms with E-state index in [0.717, 1.165) is 17.2 Å². The Morgan fingerprint density at radius 1 is 0.944 bits per heavy atom. The minimum absolute atomic E-state index is 0.0749. The van der Waals surface area contributed by atoms with Crippen LogP contribution < -0.4 is 5.32 Å². The Bertz CT molecular complexity index is 494. The summed E-state index contributed by atoms with van der Waals surface area (Å²) in [5.41, 5.74) is 1.85. The summed E-state index contributed by atoms with van der Waals surface area (Å²) in [5, 5.41) is 12.3. The second kappa shape index (κ2) is 6.57. The van der Waals surface area contributed by atoms with E-state index in [1.54, 1.807) is 0 Å². The summed E-state index contributed by atoms with van der Waals surface area (Å²) in [6, 6.07) is 19.5. The van der Waals surface area contributed by atoms with Crippen LogP contribution in [0.5, 0.6) is 0 Å². The lowest BCUT2D eigenvalue weighted by Gasteiger charge is -2.08. The minimum Gasteiger partial charge on any atom is -0.396 e. The van der Waals surface area contributed by atoms with E-state index in [0.29, 0.717) is 6.42 Å².